The van der Waals surface area contributed by atoms with Crippen LogP contribution in [0.2, 0.25) is 0 Å². The third-order valence-corrected chi connectivity index (χ3v) is 5.34. The molecule has 1 aliphatic rings. The van der Waals surface area contributed by atoms with E-state index in [4.69, 9.17) is 4.74 Å². The highest BCUT2D eigenvalue weighted by atomic mass is 16.5. The van der Waals surface area contributed by atoms with Gasteiger partial charge in [-0.1, -0.05) is 12.1 Å². The number of benzene rings is 1. The fraction of sp³-hybridized carbons (Fsp3) is 0.381. The molecule has 152 valence electrons. The van der Waals surface area contributed by atoms with Gasteiger partial charge in [0.05, 0.1) is 18.5 Å². The summed E-state index contributed by atoms with van der Waals surface area (Å²) in [5.74, 6) is 1.71. The zero-order chi connectivity index (χ0) is 20.4. The average molecular weight is 394 g/mol. The number of piperazine rings is 1. The number of methoxy groups -OCH3 is 1. The number of aromatic nitrogens is 3. The van der Waals surface area contributed by atoms with Crippen molar-refractivity contribution in [3.05, 3.63) is 47.9 Å². The Balaban J connectivity index is 1.38. The van der Waals surface area contributed by atoms with Crippen molar-refractivity contribution in [2.45, 2.75) is 19.9 Å². The monoisotopic (exact) mass is 394 g/mol. The highest BCUT2D eigenvalue weighted by molar-refractivity contribution is 5.88. The van der Waals surface area contributed by atoms with Crippen LogP contribution in [0.1, 0.15) is 24.2 Å². The third-order valence-electron chi connectivity index (χ3n) is 5.34. The molecule has 0 bridgehead atoms. The maximum atomic E-state index is 12.7. The van der Waals surface area contributed by atoms with Gasteiger partial charge in [-0.15, -0.1) is 0 Å². The summed E-state index contributed by atoms with van der Waals surface area (Å²) in [5, 5.41) is 4.11. The van der Waals surface area contributed by atoms with Gasteiger partial charge in [0.15, 0.2) is 0 Å². The van der Waals surface area contributed by atoms with Gasteiger partial charge in [0.25, 0.3) is 0 Å². The number of nitrogens with zero attached hydrogens (tertiary/aromatic N) is 4. The second-order valence-electron chi connectivity index (χ2n) is 7.33. The van der Waals surface area contributed by atoms with E-state index in [1.54, 1.807) is 13.4 Å². The zero-order valence-electron chi connectivity index (χ0n) is 17.0. The normalized spacial score (nSPS) is 15.4. The maximum absolute atomic E-state index is 12.7. The van der Waals surface area contributed by atoms with E-state index in [-0.39, 0.29) is 12.1 Å². The lowest BCUT2D eigenvalue weighted by atomic mass is 10.1. The van der Waals surface area contributed by atoms with Crippen molar-refractivity contribution in [1.29, 1.82) is 0 Å². The summed E-state index contributed by atoms with van der Waals surface area (Å²) >= 11 is 0. The van der Waals surface area contributed by atoms with Crippen LogP contribution in [0.15, 0.2) is 36.7 Å². The van der Waals surface area contributed by atoms with Gasteiger partial charge in [0.2, 0.25) is 0 Å². The van der Waals surface area contributed by atoms with E-state index < -0.39 is 0 Å². The van der Waals surface area contributed by atoms with Crippen molar-refractivity contribution in [2.75, 3.05) is 38.2 Å². The minimum Gasteiger partial charge on any atom is -0.497 e. The van der Waals surface area contributed by atoms with Crippen molar-refractivity contribution in [1.82, 2.24) is 25.2 Å². The molecule has 1 aromatic carbocycles. The van der Waals surface area contributed by atoms with Crippen molar-refractivity contribution in [3.63, 3.8) is 0 Å². The van der Waals surface area contributed by atoms with E-state index in [0.29, 0.717) is 13.1 Å². The molecule has 0 unspecified atom stereocenters. The number of carbonyl (C=O) groups is 1. The van der Waals surface area contributed by atoms with Crippen LogP contribution >= 0.6 is 0 Å². The molecule has 0 saturated carbocycles. The maximum Gasteiger partial charge on any atom is 0.317 e. The molecule has 2 aromatic heterocycles. The Kier molecular flexibility index (Phi) is 5.24. The summed E-state index contributed by atoms with van der Waals surface area (Å²) in [5.41, 5.74) is 2.92. The largest absolute Gasteiger partial charge is 0.497 e. The summed E-state index contributed by atoms with van der Waals surface area (Å²) in [6, 6.07) is 9.69. The van der Waals surface area contributed by atoms with Crippen LogP contribution in [0, 0.1) is 6.92 Å². The number of hydrogen-bond donors (Lipinski definition) is 2. The molecule has 1 aliphatic heterocycles. The summed E-state index contributed by atoms with van der Waals surface area (Å²) < 4.78 is 5.27. The molecule has 2 amide bonds. The minimum atomic E-state index is -0.0973. The summed E-state index contributed by atoms with van der Waals surface area (Å²) in [6.07, 6.45) is 1.59. The highest BCUT2D eigenvalue weighted by Crippen LogP contribution is 2.25. The number of rotatable bonds is 4. The number of amides is 2. The molecular formula is C21H26N6O2. The number of carbonyl (C=O) groups excluding carboxylic acids is 1. The Labute approximate surface area is 169 Å². The molecule has 3 heterocycles. The topological polar surface area (TPSA) is 86.4 Å². The lowest BCUT2D eigenvalue weighted by Crippen LogP contribution is -2.52. The Morgan fingerprint density at radius 2 is 2.00 bits per heavy atom. The van der Waals surface area contributed by atoms with Gasteiger partial charge in [-0.2, -0.15) is 0 Å². The molecule has 2 N–H and O–H groups in total. The van der Waals surface area contributed by atoms with Gasteiger partial charge in [0, 0.05) is 31.9 Å². The number of aromatic amines is 1. The van der Waals surface area contributed by atoms with Crippen LogP contribution in [-0.2, 0) is 0 Å². The Bertz CT molecular complexity index is 1010. The van der Waals surface area contributed by atoms with E-state index in [1.165, 1.54) is 0 Å². The number of aryl methyl sites for hydroxylation is 1. The second kappa shape index (κ2) is 7.98. The highest BCUT2D eigenvalue weighted by Gasteiger charge is 2.24. The van der Waals surface area contributed by atoms with Crippen molar-refractivity contribution in [3.8, 4) is 5.75 Å². The van der Waals surface area contributed by atoms with Crippen molar-refractivity contribution in [2.24, 2.45) is 0 Å². The Morgan fingerprint density at radius 3 is 2.76 bits per heavy atom. The predicted octanol–water partition coefficient (Wildman–Crippen LogP) is 2.87. The number of H-pyrrole nitrogens is 1. The molecule has 1 fully saturated rings. The van der Waals surface area contributed by atoms with E-state index >= 15 is 0 Å². The van der Waals surface area contributed by atoms with Crippen LogP contribution in [-0.4, -0.2) is 59.2 Å². The molecule has 8 nitrogen and oxygen atoms in total. The number of hydrogen-bond acceptors (Lipinski definition) is 5. The quantitative estimate of drug-likeness (QED) is 0.711. The number of nitrogens with one attached hydrogen (secondary N) is 2. The van der Waals surface area contributed by atoms with Crippen LogP contribution in [0.4, 0.5) is 10.6 Å². The van der Waals surface area contributed by atoms with Gasteiger partial charge in [-0.25, -0.2) is 14.8 Å². The smallest absolute Gasteiger partial charge is 0.317 e. The first kappa shape index (κ1) is 19.0. The van der Waals surface area contributed by atoms with E-state index in [9.17, 15) is 4.79 Å². The molecule has 0 aliphatic carbocycles. The van der Waals surface area contributed by atoms with Crippen LogP contribution < -0.4 is 15.0 Å². The van der Waals surface area contributed by atoms with Gasteiger partial charge in [0.1, 0.15) is 23.5 Å². The lowest BCUT2D eigenvalue weighted by Gasteiger charge is -2.36. The zero-order valence-corrected chi connectivity index (χ0v) is 17.0. The number of anilines is 1. The summed E-state index contributed by atoms with van der Waals surface area (Å²) in [7, 11) is 1.64. The average Bonchev–Trinajstić information content (AvgIpc) is 3.14. The minimum absolute atomic E-state index is 0.0507. The summed E-state index contributed by atoms with van der Waals surface area (Å²) in [4.78, 5) is 28.8. The molecule has 3 aromatic rings. The van der Waals surface area contributed by atoms with Gasteiger partial charge >= 0.3 is 6.03 Å². The fourth-order valence-electron chi connectivity index (χ4n) is 3.70. The van der Waals surface area contributed by atoms with Gasteiger partial charge in [-0.05, 0) is 37.6 Å². The molecule has 1 saturated heterocycles. The third kappa shape index (κ3) is 3.96. The molecule has 4 rings (SSSR count). The van der Waals surface area contributed by atoms with Gasteiger partial charge in [-0.3, -0.25) is 0 Å². The van der Waals surface area contributed by atoms with Crippen molar-refractivity contribution < 1.29 is 9.53 Å². The SMILES string of the molecule is COc1cccc([C@H](C)NC(=O)N2CCN(c3ncnc4[nH]c(C)cc34)CC2)c1. The van der Waals surface area contributed by atoms with E-state index in [0.717, 1.165) is 46.9 Å². The van der Waals surface area contributed by atoms with E-state index in [1.807, 2.05) is 43.0 Å². The molecular weight excluding hydrogens is 368 g/mol. The summed E-state index contributed by atoms with van der Waals surface area (Å²) in [6.45, 7) is 6.75. The van der Waals surface area contributed by atoms with Crippen LogP contribution in [0.3, 0.4) is 0 Å². The first-order valence-electron chi connectivity index (χ1n) is 9.80. The molecule has 8 heteroatoms. The predicted molar refractivity (Wildman–Crippen MR) is 112 cm³/mol. The second-order valence-corrected chi connectivity index (χ2v) is 7.33. The van der Waals surface area contributed by atoms with Gasteiger partial charge < -0.3 is 24.8 Å². The number of fused-ring (bicyclic) bond motifs is 1. The van der Waals surface area contributed by atoms with E-state index in [2.05, 4.69) is 31.2 Å². The molecule has 29 heavy (non-hydrogen) atoms. The number of ether oxygens (including phenoxy) is 1. The lowest BCUT2D eigenvalue weighted by molar-refractivity contribution is 0.191. The molecule has 0 radical (unpaired) electrons. The standard InChI is InChI=1S/C21H26N6O2/c1-14-11-18-19(24-14)22-13-23-20(18)26-7-9-27(10-8-26)21(28)25-15(2)16-5-4-6-17(12-16)29-3/h4-6,11-13,15H,7-10H2,1-3H3,(H,25,28)(H,22,23,24)/t15-/m0/s1. The van der Waals surface area contributed by atoms with Crippen molar-refractivity contribution >= 4 is 22.9 Å². The van der Waals surface area contributed by atoms with Crippen LogP contribution in [0.5, 0.6) is 5.75 Å². The Morgan fingerprint density at radius 1 is 1.21 bits per heavy atom. The Hall–Kier alpha value is -3.29. The molecule has 0 spiro atoms. The fourth-order valence-corrected chi connectivity index (χ4v) is 3.70. The van der Waals surface area contributed by atoms with Crippen LogP contribution in [0.25, 0.3) is 11.0 Å². The first-order chi connectivity index (χ1) is 14.0. The first-order valence-corrected chi connectivity index (χ1v) is 9.80. The molecule has 1 atom stereocenters. The number of urea groups is 1.